The van der Waals surface area contributed by atoms with Crippen molar-refractivity contribution in [2.24, 2.45) is 5.92 Å². The zero-order chi connectivity index (χ0) is 21.7. The first-order chi connectivity index (χ1) is 14.4. The zero-order valence-corrected chi connectivity index (χ0v) is 18.2. The third-order valence-corrected chi connectivity index (χ3v) is 6.83. The summed E-state index contributed by atoms with van der Waals surface area (Å²) < 4.78 is 5.24. The van der Waals surface area contributed by atoms with Gasteiger partial charge in [0, 0.05) is 30.6 Å². The normalized spacial score (nSPS) is 20.5. The fourth-order valence-corrected chi connectivity index (χ4v) is 4.53. The molecule has 1 aromatic carbocycles. The molecule has 160 valence electrons. The van der Waals surface area contributed by atoms with Gasteiger partial charge in [-0.3, -0.25) is 14.4 Å². The number of rotatable bonds is 6. The molecule has 0 N–H and O–H groups in total. The molecule has 1 atom stereocenters. The van der Waals surface area contributed by atoms with Crippen molar-refractivity contribution in [3.05, 3.63) is 24.3 Å². The summed E-state index contributed by atoms with van der Waals surface area (Å²) in [7, 11) is 1.60. The number of ether oxygens (including phenoxy) is 1. The summed E-state index contributed by atoms with van der Waals surface area (Å²) in [6.45, 7) is -0.172. The molecule has 2 amide bonds. The van der Waals surface area contributed by atoms with Gasteiger partial charge in [0.15, 0.2) is 6.61 Å². The van der Waals surface area contributed by atoms with Gasteiger partial charge in [0.1, 0.15) is 5.54 Å². The molecule has 1 saturated heterocycles. The summed E-state index contributed by atoms with van der Waals surface area (Å²) in [5, 5.41) is 9.61. The molecule has 1 aliphatic carbocycles. The highest BCUT2D eigenvalue weighted by atomic mass is 32.2. The van der Waals surface area contributed by atoms with Gasteiger partial charge in [-0.05, 0) is 43.4 Å². The van der Waals surface area contributed by atoms with Crippen LogP contribution in [0.25, 0.3) is 0 Å². The molecule has 30 heavy (non-hydrogen) atoms. The van der Waals surface area contributed by atoms with Crippen molar-refractivity contribution in [2.45, 2.75) is 49.0 Å². The Hall–Kier alpha value is -2.53. The SMILES string of the molecule is CSc1ccc(N2CC(C(=O)OCC(=O)N(C)C3(C#N)CCCCC3)CC2=O)cc1. The van der Waals surface area contributed by atoms with E-state index in [1.807, 2.05) is 30.5 Å². The van der Waals surface area contributed by atoms with Crippen LogP contribution in [0.4, 0.5) is 5.69 Å². The van der Waals surface area contributed by atoms with Gasteiger partial charge >= 0.3 is 5.97 Å². The van der Waals surface area contributed by atoms with Crippen LogP contribution >= 0.6 is 11.8 Å². The second kappa shape index (κ2) is 9.52. The van der Waals surface area contributed by atoms with Crippen LogP contribution in [0.2, 0.25) is 0 Å². The molecule has 1 aliphatic heterocycles. The molecule has 0 aromatic heterocycles. The van der Waals surface area contributed by atoms with Gasteiger partial charge in [-0.25, -0.2) is 0 Å². The lowest BCUT2D eigenvalue weighted by Crippen LogP contribution is -2.51. The van der Waals surface area contributed by atoms with E-state index in [2.05, 4.69) is 6.07 Å². The maximum atomic E-state index is 12.6. The summed E-state index contributed by atoms with van der Waals surface area (Å²) >= 11 is 1.62. The summed E-state index contributed by atoms with van der Waals surface area (Å²) in [5.74, 6) is -1.68. The fraction of sp³-hybridized carbons (Fsp3) is 0.545. The van der Waals surface area contributed by atoms with E-state index >= 15 is 0 Å². The van der Waals surface area contributed by atoms with Crippen molar-refractivity contribution in [3.8, 4) is 6.07 Å². The van der Waals surface area contributed by atoms with Crippen LogP contribution in [0.1, 0.15) is 38.5 Å². The molecule has 0 radical (unpaired) electrons. The number of nitrogens with zero attached hydrogens (tertiary/aromatic N) is 3. The van der Waals surface area contributed by atoms with Gasteiger partial charge in [0.2, 0.25) is 5.91 Å². The smallest absolute Gasteiger partial charge is 0.311 e. The number of hydrogen-bond acceptors (Lipinski definition) is 6. The van der Waals surface area contributed by atoms with Gasteiger partial charge < -0.3 is 14.5 Å². The number of anilines is 1. The first-order valence-electron chi connectivity index (χ1n) is 10.2. The quantitative estimate of drug-likeness (QED) is 0.510. The number of nitriles is 1. The summed E-state index contributed by atoms with van der Waals surface area (Å²) in [6, 6.07) is 9.88. The number of hydrogen-bond donors (Lipinski definition) is 0. The maximum absolute atomic E-state index is 12.6. The Labute approximate surface area is 181 Å². The highest BCUT2D eigenvalue weighted by Crippen LogP contribution is 2.32. The molecule has 2 aliphatic rings. The van der Waals surface area contributed by atoms with Crippen molar-refractivity contribution in [1.82, 2.24) is 4.90 Å². The molecule has 1 aromatic rings. The number of esters is 1. The Balaban J connectivity index is 1.55. The van der Waals surface area contributed by atoms with E-state index in [1.165, 1.54) is 4.90 Å². The Morgan fingerprint density at radius 1 is 1.27 bits per heavy atom. The Morgan fingerprint density at radius 3 is 2.53 bits per heavy atom. The third-order valence-electron chi connectivity index (χ3n) is 6.09. The number of likely N-dealkylation sites (N-methyl/N-ethyl adjacent to an activating group) is 1. The van der Waals surface area contributed by atoms with Crippen molar-refractivity contribution in [2.75, 3.05) is 31.4 Å². The predicted molar refractivity (Wildman–Crippen MR) is 114 cm³/mol. The van der Waals surface area contributed by atoms with Gasteiger partial charge in [-0.2, -0.15) is 5.26 Å². The minimum absolute atomic E-state index is 0.0648. The molecule has 1 saturated carbocycles. The molecule has 7 nitrogen and oxygen atoms in total. The fourth-order valence-electron chi connectivity index (χ4n) is 4.12. The molecule has 8 heteroatoms. The standard InChI is InChI=1S/C22H27N3O4S/c1-24(22(15-23)10-4-3-5-11-22)20(27)14-29-21(28)16-12-19(26)25(13-16)17-6-8-18(30-2)9-7-17/h6-9,16H,3-5,10-14H2,1-2H3. The number of amides is 2. The largest absolute Gasteiger partial charge is 0.455 e. The monoisotopic (exact) mass is 429 g/mol. The average Bonchev–Trinajstić information content (AvgIpc) is 3.18. The molecule has 0 spiro atoms. The molecule has 1 unspecified atom stereocenters. The van der Waals surface area contributed by atoms with Crippen molar-refractivity contribution < 1.29 is 19.1 Å². The first-order valence-corrected chi connectivity index (χ1v) is 11.4. The van der Waals surface area contributed by atoms with Crippen LogP contribution in [0, 0.1) is 17.2 Å². The predicted octanol–water partition coefficient (Wildman–Crippen LogP) is 2.99. The number of carbonyl (C=O) groups is 3. The van der Waals surface area contributed by atoms with Crippen molar-refractivity contribution in [3.63, 3.8) is 0 Å². The van der Waals surface area contributed by atoms with E-state index in [-0.39, 0.29) is 24.8 Å². The minimum Gasteiger partial charge on any atom is -0.455 e. The third kappa shape index (κ3) is 4.62. The number of carbonyl (C=O) groups excluding carboxylic acids is 3. The van der Waals surface area contributed by atoms with Crippen LogP contribution in [-0.2, 0) is 19.1 Å². The maximum Gasteiger partial charge on any atom is 0.311 e. The van der Waals surface area contributed by atoms with Gasteiger partial charge in [-0.15, -0.1) is 11.8 Å². The molecule has 0 bridgehead atoms. The second-order valence-electron chi connectivity index (χ2n) is 7.87. The molecule has 1 heterocycles. The van der Waals surface area contributed by atoms with Crippen molar-refractivity contribution >= 4 is 35.2 Å². The molecular weight excluding hydrogens is 402 g/mol. The lowest BCUT2D eigenvalue weighted by atomic mass is 9.81. The lowest BCUT2D eigenvalue weighted by molar-refractivity contribution is -0.156. The lowest BCUT2D eigenvalue weighted by Gasteiger charge is -2.38. The van der Waals surface area contributed by atoms with E-state index in [0.717, 1.165) is 29.8 Å². The summed E-state index contributed by atoms with van der Waals surface area (Å²) in [4.78, 5) is 41.5. The van der Waals surface area contributed by atoms with Crippen LogP contribution in [0.5, 0.6) is 0 Å². The average molecular weight is 430 g/mol. The van der Waals surface area contributed by atoms with Gasteiger partial charge in [0.05, 0.1) is 12.0 Å². The number of thioether (sulfide) groups is 1. The summed E-state index contributed by atoms with van der Waals surface area (Å²) in [5.41, 5.74) is -0.0673. The molecular formula is C22H27N3O4S. The topological polar surface area (TPSA) is 90.7 Å². The highest BCUT2D eigenvalue weighted by molar-refractivity contribution is 7.98. The Morgan fingerprint density at radius 2 is 1.93 bits per heavy atom. The van der Waals surface area contributed by atoms with E-state index in [4.69, 9.17) is 4.74 Å². The van der Waals surface area contributed by atoms with Crippen LogP contribution in [0.15, 0.2) is 29.2 Å². The summed E-state index contributed by atoms with van der Waals surface area (Å²) in [6.07, 6.45) is 6.20. The van der Waals surface area contributed by atoms with Crippen LogP contribution in [0.3, 0.4) is 0 Å². The number of benzene rings is 1. The first kappa shape index (κ1) is 22.2. The second-order valence-corrected chi connectivity index (χ2v) is 8.75. The Kier molecular flexibility index (Phi) is 7.03. The highest BCUT2D eigenvalue weighted by Gasteiger charge is 2.40. The zero-order valence-electron chi connectivity index (χ0n) is 17.4. The van der Waals surface area contributed by atoms with Gasteiger partial charge in [-0.1, -0.05) is 19.3 Å². The van der Waals surface area contributed by atoms with E-state index in [9.17, 15) is 19.6 Å². The van der Waals surface area contributed by atoms with Crippen LogP contribution < -0.4 is 4.90 Å². The van der Waals surface area contributed by atoms with E-state index in [1.54, 1.807) is 23.7 Å². The van der Waals surface area contributed by atoms with E-state index < -0.39 is 24.0 Å². The Bertz CT molecular complexity index is 843. The minimum atomic E-state index is -0.815. The van der Waals surface area contributed by atoms with E-state index in [0.29, 0.717) is 12.8 Å². The molecule has 3 rings (SSSR count). The van der Waals surface area contributed by atoms with Crippen molar-refractivity contribution in [1.29, 1.82) is 5.26 Å². The van der Waals surface area contributed by atoms with Crippen LogP contribution in [-0.4, -0.2) is 54.7 Å². The molecule has 2 fully saturated rings. The van der Waals surface area contributed by atoms with Gasteiger partial charge in [0.25, 0.3) is 5.91 Å².